The molecule has 22 heavy (non-hydrogen) atoms. The number of nitrogens with one attached hydrogen (secondary N) is 1. The van der Waals surface area contributed by atoms with Crippen LogP contribution in [0.3, 0.4) is 0 Å². The monoisotopic (exact) mass is 321 g/mol. The molecule has 0 aliphatic carbocycles. The second-order valence-corrected chi connectivity index (χ2v) is 4.24. The van der Waals surface area contributed by atoms with E-state index in [1.165, 1.54) is 0 Å². The van der Waals surface area contributed by atoms with E-state index in [9.17, 15) is 26.2 Å². The molecule has 1 aromatic heterocycles. The Kier molecular flexibility index (Phi) is 3.08. The Morgan fingerprint density at radius 1 is 1.09 bits per heavy atom. The third-order valence-corrected chi connectivity index (χ3v) is 2.77. The second kappa shape index (κ2) is 4.72. The van der Waals surface area contributed by atoms with Crippen LogP contribution in [0.15, 0.2) is 40.4 Å². The van der Waals surface area contributed by atoms with Crippen molar-refractivity contribution in [2.75, 3.05) is 0 Å². The SMILES string of the molecule is FC1=C(F)/C(=C2/C=C(c3[nH]cc(F)c3F)O[B-](F)(F)O2)N=C1. The van der Waals surface area contributed by atoms with E-state index in [0.717, 1.165) is 0 Å². The molecule has 0 unspecified atom stereocenters. The highest BCUT2D eigenvalue weighted by atomic mass is 19.3. The number of aromatic nitrogens is 1. The third kappa shape index (κ3) is 2.28. The van der Waals surface area contributed by atoms with Crippen LogP contribution >= 0.6 is 0 Å². The number of allylic oxidation sites excluding steroid dienone is 3. The normalized spacial score (nSPS) is 23.5. The summed E-state index contributed by atoms with van der Waals surface area (Å²) in [4.78, 5) is 5.30. The van der Waals surface area contributed by atoms with Gasteiger partial charge in [0.1, 0.15) is 22.9 Å². The molecule has 0 amide bonds. The number of aliphatic imine (C=N–C) groups is 1. The first-order valence-electron chi connectivity index (χ1n) is 5.75. The Labute approximate surface area is 118 Å². The van der Waals surface area contributed by atoms with E-state index in [4.69, 9.17) is 0 Å². The van der Waals surface area contributed by atoms with E-state index < -0.39 is 53.3 Å². The highest BCUT2D eigenvalue weighted by molar-refractivity contribution is 6.53. The van der Waals surface area contributed by atoms with Crippen LogP contribution in [0.25, 0.3) is 5.76 Å². The second-order valence-electron chi connectivity index (χ2n) is 4.24. The summed E-state index contributed by atoms with van der Waals surface area (Å²) in [6.45, 7) is 0. The maximum absolute atomic E-state index is 13.4. The van der Waals surface area contributed by atoms with Gasteiger partial charge in [-0.25, -0.2) is 22.6 Å². The molecular formula is C11H4BF6N2O2-. The van der Waals surface area contributed by atoms with Crippen molar-refractivity contribution in [3.8, 4) is 0 Å². The fourth-order valence-electron chi connectivity index (χ4n) is 1.84. The minimum Gasteiger partial charge on any atom is -0.626 e. The van der Waals surface area contributed by atoms with Crippen molar-refractivity contribution in [1.29, 1.82) is 0 Å². The van der Waals surface area contributed by atoms with Gasteiger partial charge in [-0.2, -0.15) is 0 Å². The fourth-order valence-corrected chi connectivity index (χ4v) is 1.84. The number of H-pyrrole nitrogens is 1. The van der Waals surface area contributed by atoms with Crippen molar-refractivity contribution in [3.05, 3.63) is 52.7 Å². The van der Waals surface area contributed by atoms with Gasteiger partial charge in [-0.05, 0) is 0 Å². The summed E-state index contributed by atoms with van der Waals surface area (Å²) in [7, 11) is -5.00. The first-order chi connectivity index (χ1) is 10.3. The standard InChI is InChI=1S/C11H4BF6N2O2/c13-4-2-19-10(8(4)15)6-1-7(22-12(17,18)21-6)11-9(16)5(14)3-20-11/h1-3,19H/q-1/b11-7+. The molecule has 0 bridgehead atoms. The Hall–Kier alpha value is -2.59. The van der Waals surface area contributed by atoms with Crippen molar-refractivity contribution in [2.45, 2.75) is 0 Å². The molecule has 1 aromatic rings. The van der Waals surface area contributed by atoms with Gasteiger partial charge in [0.25, 0.3) is 0 Å². The Bertz CT molecular complexity index is 780. The van der Waals surface area contributed by atoms with E-state index in [1.54, 1.807) is 0 Å². The van der Waals surface area contributed by atoms with Crippen molar-refractivity contribution >= 4 is 19.1 Å². The number of rotatable bonds is 1. The molecule has 0 aromatic carbocycles. The molecule has 0 saturated carbocycles. The molecule has 3 heterocycles. The van der Waals surface area contributed by atoms with Crippen molar-refractivity contribution in [3.63, 3.8) is 0 Å². The summed E-state index contributed by atoms with van der Waals surface area (Å²) in [5.74, 6) is -7.40. The van der Waals surface area contributed by atoms with Crippen molar-refractivity contribution < 1.29 is 35.5 Å². The third-order valence-electron chi connectivity index (χ3n) is 2.77. The number of aromatic amines is 1. The fraction of sp³-hybridized carbons (Fsp3) is 0. The Balaban J connectivity index is 2.14. The zero-order valence-corrected chi connectivity index (χ0v) is 10.3. The van der Waals surface area contributed by atoms with Crippen LogP contribution in [0.2, 0.25) is 0 Å². The molecule has 0 fully saturated rings. The average molecular weight is 321 g/mol. The van der Waals surface area contributed by atoms with E-state index >= 15 is 0 Å². The van der Waals surface area contributed by atoms with Crippen LogP contribution in [0.4, 0.5) is 26.2 Å². The van der Waals surface area contributed by atoms with Gasteiger partial charge in [-0.15, -0.1) is 0 Å². The lowest BCUT2D eigenvalue weighted by Crippen LogP contribution is -2.34. The summed E-state index contributed by atoms with van der Waals surface area (Å²) >= 11 is 0. The minimum atomic E-state index is -5.00. The van der Waals surface area contributed by atoms with Crippen LogP contribution in [0.1, 0.15) is 5.69 Å². The summed E-state index contributed by atoms with van der Waals surface area (Å²) < 4.78 is 87.8. The molecule has 0 radical (unpaired) electrons. The van der Waals surface area contributed by atoms with Gasteiger partial charge in [-0.1, -0.05) is 0 Å². The van der Waals surface area contributed by atoms with Gasteiger partial charge in [0.05, 0.1) is 6.21 Å². The van der Waals surface area contributed by atoms with Crippen LogP contribution in [-0.2, 0) is 9.31 Å². The van der Waals surface area contributed by atoms with E-state index in [-0.39, 0.29) is 0 Å². The van der Waals surface area contributed by atoms with Crippen LogP contribution in [0, 0.1) is 11.6 Å². The molecule has 2 aliphatic heterocycles. The predicted octanol–water partition coefficient (Wildman–Crippen LogP) is 3.50. The number of halogens is 6. The summed E-state index contributed by atoms with van der Waals surface area (Å²) in [5, 5.41) is 0. The quantitative estimate of drug-likeness (QED) is 0.636. The first-order valence-corrected chi connectivity index (χ1v) is 5.75. The molecule has 4 nitrogen and oxygen atoms in total. The number of nitrogens with zero attached hydrogens (tertiary/aromatic N) is 1. The molecule has 0 saturated heterocycles. The molecule has 3 rings (SSSR count). The minimum absolute atomic E-state index is 0.462. The average Bonchev–Trinajstić information content (AvgIpc) is 2.93. The molecule has 2 aliphatic rings. The smallest absolute Gasteiger partial charge is 0.626 e. The molecule has 0 atom stereocenters. The summed E-state index contributed by atoms with van der Waals surface area (Å²) in [6.07, 6.45) is 1.69. The van der Waals surface area contributed by atoms with Gasteiger partial charge in [-0.3, -0.25) is 0 Å². The Morgan fingerprint density at radius 2 is 1.82 bits per heavy atom. The number of hydrogen-bond acceptors (Lipinski definition) is 3. The van der Waals surface area contributed by atoms with Gasteiger partial charge in [0.15, 0.2) is 23.3 Å². The lowest BCUT2D eigenvalue weighted by atomic mass is 10.1. The molecular weight excluding hydrogens is 317 g/mol. The van der Waals surface area contributed by atoms with Gasteiger partial charge in [0, 0.05) is 12.3 Å². The van der Waals surface area contributed by atoms with Gasteiger partial charge < -0.3 is 22.9 Å². The zero-order chi connectivity index (χ0) is 16.1. The molecule has 116 valence electrons. The zero-order valence-electron chi connectivity index (χ0n) is 10.3. The van der Waals surface area contributed by atoms with Gasteiger partial charge >= 0.3 is 7.11 Å². The van der Waals surface area contributed by atoms with Crippen molar-refractivity contribution in [1.82, 2.24) is 4.98 Å². The van der Waals surface area contributed by atoms with Crippen LogP contribution < -0.4 is 0 Å². The summed E-state index contributed by atoms with van der Waals surface area (Å²) in [6, 6.07) is 0. The molecule has 0 spiro atoms. The van der Waals surface area contributed by atoms with E-state index in [1.807, 2.05) is 4.98 Å². The highest BCUT2D eigenvalue weighted by Gasteiger charge is 2.40. The topological polar surface area (TPSA) is 46.6 Å². The maximum atomic E-state index is 13.4. The van der Waals surface area contributed by atoms with E-state index in [0.29, 0.717) is 18.5 Å². The molecule has 1 N–H and O–H groups in total. The van der Waals surface area contributed by atoms with Crippen LogP contribution in [0.5, 0.6) is 0 Å². The van der Waals surface area contributed by atoms with Crippen molar-refractivity contribution in [2.24, 2.45) is 4.99 Å². The maximum Gasteiger partial charge on any atom is 0.726 e. The number of hydrogen-bond donors (Lipinski definition) is 1. The van der Waals surface area contributed by atoms with E-state index in [2.05, 4.69) is 14.3 Å². The highest BCUT2D eigenvalue weighted by Crippen LogP contribution is 2.37. The predicted molar refractivity (Wildman–Crippen MR) is 63.6 cm³/mol. The molecule has 11 heteroatoms. The summed E-state index contributed by atoms with van der Waals surface area (Å²) in [5.41, 5.74) is -1.57. The largest absolute Gasteiger partial charge is 0.726 e. The van der Waals surface area contributed by atoms with Gasteiger partial charge in [0.2, 0.25) is 0 Å². The first kappa shape index (κ1) is 14.4. The Morgan fingerprint density at radius 3 is 2.36 bits per heavy atom. The lowest BCUT2D eigenvalue weighted by molar-refractivity contribution is 0.170. The van der Waals surface area contributed by atoms with Crippen LogP contribution in [-0.4, -0.2) is 18.3 Å². The lowest BCUT2D eigenvalue weighted by Gasteiger charge is -2.34.